The van der Waals surface area contributed by atoms with E-state index in [0.29, 0.717) is 4.97 Å². The summed E-state index contributed by atoms with van der Waals surface area (Å²) < 4.78 is 0. The molecule has 0 unspecified atom stereocenters. The van der Waals surface area contributed by atoms with E-state index in [2.05, 4.69) is 24.4 Å². The average molecular weight is 346 g/mol. The Balaban J connectivity index is 3.55. The number of unbranched alkanes of at least 4 members (excludes halogenated alkanes) is 9. The minimum atomic E-state index is 0.587. The lowest BCUT2D eigenvalue weighted by Crippen LogP contribution is -2.34. The van der Waals surface area contributed by atoms with Crippen LogP contribution in [0.5, 0.6) is 0 Å². The van der Waals surface area contributed by atoms with E-state index < -0.39 is 0 Å². The second-order valence-corrected chi connectivity index (χ2v) is 6.60. The molecule has 0 aromatic heterocycles. The van der Waals surface area contributed by atoms with Gasteiger partial charge < -0.3 is 10.5 Å². The summed E-state index contributed by atoms with van der Waals surface area (Å²) in [4.78, 5) is 0.587. The fourth-order valence-corrected chi connectivity index (χ4v) is 2.77. The summed E-state index contributed by atoms with van der Waals surface area (Å²) in [7, 11) is 0. The third kappa shape index (κ3) is 14.5. The number of hydrogen-bond acceptors (Lipinski definition) is 2. The van der Waals surface area contributed by atoms with Crippen molar-refractivity contribution in [3.05, 3.63) is 0 Å². The molecule has 0 spiro atoms. The lowest BCUT2D eigenvalue weighted by atomic mass is 10.1. The predicted molar refractivity (Wildman–Crippen MR) is 97.5 cm³/mol. The van der Waals surface area contributed by atoms with Gasteiger partial charge in [0, 0.05) is 0 Å². The van der Waals surface area contributed by atoms with Gasteiger partial charge in [-0.1, -0.05) is 65.2 Å². The molecule has 3 N–H and O–H groups in total. The van der Waals surface area contributed by atoms with Crippen LogP contribution in [0.15, 0.2) is 5.28 Å². The van der Waals surface area contributed by atoms with E-state index in [-0.39, 0.29) is 0 Å². The van der Waals surface area contributed by atoms with Gasteiger partial charge in [0.1, 0.15) is 0 Å². The van der Waals surface area contributed by atoms with Gasteiger partial charge in [0.2, 0.25) is 0 Å². The van der Waals surface area contributed by atoms with Crippen LogP contribution < -0.4 is 5.32 Å². The van der Waals surface area contributed by atoms with Crippen LogP contribution in [-0.4, -0.2) is 46.6 Å². The summed E-state index contributed by atoms with van der Waals surface area (Å²) in [6, 6.07) is 0. The quantitative estimate of drug-likeness (QED) is 0.145. The molecule has 0 atom stereocenters. The molecule has 24 heavy (non-hydrogen) atoms. The first-order valence-corrected chi connectivity index (χ1v) is 10.1. The van der Waals surface area contributed by atoms with Crippen molar-refractivity contribution in [1.82, 2.24) is 10.3 Å². The lowest BCUT2D eigenvalue weighted by Gasteiger charge is -2.12. The van der Waals surface area contributed by atoms with Crippen LogP contribution in [-0.2, 0) is 0 Å². The molecule has 0 fully saturated rings. The Morgan fingerprint density at radius 2 is 1.21 bits per heavy atom. The van der Waals surface area contributed by atoms with Gasteiger partial charge in [-0.15, -0.1) is 5.01 Å². The van der Waals surface area contributed by atoms with Gasteiger partial charge in [0.25, 0.3) is 10.2 Å². The fraction of sp³-hybridized carbons (Fsp3) is 1.00. The lowest BCUT2D eigenvalue weighted by molar-refractivity contribution is -0.941. The van der Waals surface area contributed by atoms with Crippen LogP contribution in [0, 0.1) is 0 Å². The van der Waals surface area contributed by atoms with Crippen LogP contribution in [0.2, 0.25) is 0 Å². The number of hydrazine groups is 1. The van der Waals surface area contributed by atoms with Crippen molar-refractivity contribution < 1.29 is 15.4 Å². The third-order valence-electron chi connectivity index (χ3n) is 4.33. The van der Waals surface area contributed by atoms with Crippen molar-refractivity contribution in [1.29, 1.82) is 0 Å². The molecule has 0 bridgehead atoms. The summed E-state index contributed by atoms with van der Waals surface area (Å²) in [6.45, 7) is 8.13. The number of rotatable bonds is 18. The molecule has 6 nitrogen and oxygen atoms in total. The molecule has 0 heterocycles. The maximum atomic E-state index is 9.57. The van der Waals surface area contributed by atoms with E-state index in [9.17, 15) is 5.21 Å². The summed E-state index contributed by atoms with van der Waals surface area (Å²) in [6.07, 6.45) is 14.4. The maximum absolute atomic E-state index is 9.57. The zero-order chi connectivity index (χ0) is 17.9. The average Bonchev–Trinajstić information content (AvgIpc) is 2.60. The molecule has 0 saturated heterocycles. The second-order valence-electron chi connectivity index (χ2n) is 6.60. The van der Waals surface area contributed by atoms with Crippen LogP contribution in [0.1, 0.15) is 90.9 Å². The van der Waals surface area contributed by atoms with Crippen molar-refractivity contribution in [2.75, 3.05) is 26.2 Å². The molecule has 0 aliphatic rings. The molecule has 0 rings (SSSR count). The predicted octanol–water partition coefficient (Wildman–Crippen LogP) is 4.76. The molecular formula is C18H41N4O2+. The highest BCUT2D eigenvalue weighted by Gasteiger charge is 2.17. The first-order valence-electron chi connectivity index (χ1n) is 10.1. The molecule has 0 aromatic carbocycles. The third-order valence-corrected chi connectivity index (χ3v) is 4.33. The second kappa shape index (κ2) is 18.3. The highest BCUT2D eigenvalue weighted by Crippen LogP contribution is 2.05. The molecular weight excluding hydrogens is 304 g/mol. The van der Waals surface area contributed by atoms with Crippen LogP contribution in [0.3, 0.4) is 0 Å². The van der Waals surface area contributed by atoms with Gasteiger partial charge in [-0.05, 0) is 38.8 Å². The standard InChI is InChI=1S/C18H40N4O2/c1-3-5-7-11-15-19-16-12-9-10-14-18-21(22(24)20-23)17-13-8-6-4-2/h19,24H,3-18H2,1-2H3/p+1. The Bertz CT molecular complexity index is 288. The minimum absolute atomic E-state index is 0.587. The van der Waals surface area contributed by atoms with Gasteiger partial charge >= 0.3 is 0 Å². The maximum Gasteiger partial charge on any atom is 0.271 e. The van der Waals surface area contributed by atoms with E-state index in [0.717, 1.165) is 51.9 Å². The highest BCUT2D eigenvalue weighted by molar-refractivity contribution is 4.52. The smallest absolute Gasteiger partial charge is 0.271 e. The Labute approximate surface area is 148 Å². The van der Waals surface area contributed by atoms with Gasteiger partial charge in [-0.3, -0.25) is 0 Å². The van der Waals surface area contributed by atoms with Gasteiger partial charge in [0.05, 0.1) is 13.1 Å². The van der Waals surface area contributed by atoms with Crippen LogP contribution >= 0.6 is 0 Å². The van der Waals surface area contributed by atoms with Crippen molar-refractivity contribution in [3.63, 3.8) is 0 Å². The summed E-state index contributed by atoms with van der Waals surface area (Å²) >= 11 is 0. The molecule has 0 aliphatic carbocycles. The molecule has 6 heteroatoms. The molecule has 0 radical (unpaired) electrons. The fourth-order valence-electron chi connectivity index (χ4n) is 2.77. The molecule has 0 saturated carbocycles. The summed E-state index contributed by atoms with van der Waals surface area (Å²) in [5.74, 6) is 0. The monoisotopic (exact) mass is 345 g/mol. The highest BCUT2D eigenvalue weighted by atomic mass is 16.6. The van der Waals surface area contributed by atoms with Gasteiger partial charge in [0.15, 0.2) is 0 Å². The first kappa shape index (κ1) is 23.0. The van der Waals surface area contributed by atoms with E-state index in [1.165, 1.54) is 51.4 Å². The Morgan fingerprint density at radius 1 is 0.750 bits per heavy atom. The van der Waals surface area contributed by atoms with Crippen molar-refractivity contribution in [3.8, 4) is 0 Å². The van der Waals surface area contributed by atoms with Crippen LogP contribution in [0.25, 0.3) is 0 Å². The zero-order valence-corrected chi connectivity index (χ0v) is 16.0. The van der Waals surface area contributed by atoms with Gasteiger partial charge in [-0.2, -0.15) is 0 Å². The van der Waals surface area contributed by atoms with Crippen LogP contribution in [0.4, 0.5) is 0 Å². The number of nitrogens with one attached hydrogen (secondary N) is 1. The first-order chi connectivity index (χ1) is 11.8. The molecule has 144 valence electrons. The Morgan fingerprint density at radius 3 is 1.71 bits per heavy atom. The zero-order valence-electron chi connectivity index (χ0n) is 16.0. The van der Waals surface area contributed by atoms with Crippen molar-refractivity contribution in [2.45, 2.75) is 90.9 Å². The normalized spacial score (nSPS) is 11.8. The molecule has 0 amide bonds. The molecule has 0 aliphatic heterocycles. The molecule has 0 aromatic rings. The van der Waals surface area contributed by atoms with Crippen molar-refractivity contribution >= 4 is 0 Å². The SMILES string of the molecule is CCCCCCNCCCCCCN(CCCCCC)[N+](O)=NO. The topological polar surface area (TPSA) is 71.1 Å². The minimum Gasteiger partial charge on any atom is -0.357 e. The van der Waals surface area contributed by atoms with E-state index in [4.69, 9.17) is 5.21 Å². The van der Waals surface area contributed by atoms with E-state index >= 15 is 0 Å². The Kier molecular flexibility index (Phi) is 17.5. The summed E-state index contributed by atoms with van der Waals surface area (Å²) in [5.41, 5.74) is 0. The van der Waals surface area contributed by atoms with Crippen molar-refractivity contribution in [2.24, 2.45) is 5.28 Å². The largest absolute Gasteiger partial charge is 0.357 e. The number of nitrogens with zero attached hydrogens (tertiary/aromatic N) is 3. The van der Waals surface area contributed by atoms with E-state index in [1.54, 1.807) is 5.01 Å². The summed E-state index contributed by atoms with van der Waals surface area (Å²) in [5, 5.41) is 26.4. The van der Waals surface area contributed by atoms with Gasteiger partial charge in [-0.25, -0.2) is 5.21 Å². The number of hydrogen-bond donors (Lipinski definition) is 3. The van der Waals surface area contributed by atoms with E-state index in [1.807, 2.05) is 0 Å². The Hall–Kier alpha value is -1.04.